The normalized spacial score (nSPS) is 10.0. The van der Waals surface area contributed by atoms with Gasteiger partial charge in [0.15, 0.2) is 0 Å². The first kappa shape index (κ1) is 10.8. The van der Waals surface area contributed by atoms with Crippen LogP contribution in [0.15, 0.2) is 0 Å². The van der Waals surface area contributed by atoms with Crippen LogP contribution in [0.4, 0.5) is 0 Å². The van der Waals surface area contributed by atoms with Gasteiger partial charge in [0.25, 0.3) is 8.05 Å². The van der Waals surface area contributed by atoms with Crippen molar-refractivity contribution < 1.29 is 41.2 Å². The van der Waals surface area contributed by atoms with E-state index in [0.29, 0.717) is 0 Å². The van der Waals surface area contributed by atoms with Crippen LogP contribution in [0.1, 0.15) is 0 Å². The maximum absolute atomic E-state index is 9.47. The Hall–Kier alpha value is 0.915. The largest absolute Gasteiger partial charge is 0.454 e. The summed E-state index contributed by atoms with van der Waals surface area (Å²) in [5.74, 6) is 0. The van der Waals surface area contributed by atoms with Gasteiger partial charge in [-0.3, -0.25) is 0 Å². The molecule has 1 radical (unpaired) electrons. The Morgan fingerprint density at radius 2 is 1.71 bits per heavy atom. The monoisotopic (exact) mass is 203 g/mol. The van der Waals surface area contributed by atoms with Gasteiger partial charge in [0, 0.05) is 22.4 Å². The molecule has 0 aliphatic rings. The number of phosphoric acid groups is 1. The third kappa shape index (κ3) is 10.9. The molecule has 0 aromatic rings. The van der Waals surface area contributed by atoms with Crippen molar-refractivity contribution in [1.29, 1.82) is 0 Å². The molecule has 41 valence electrons. The van der Waals surface area contributed by atoms with E-state index in [1.807, 2.05) is 0 Å². The molecule has 2 N–H and O–H groups in total. The van der Waals surface area contributed by atoms with Gasteiger partial charge in [0.1, 0.15) is 0 Å². The van der Waals surface area contributed by atoms with Crippen LogP contribution < -0.4 is 0 Å². The van der Waals surface area contributed by atoms with Crippen LogP contribution in [-0.2, 0) is 31.4 Å². The number of hydrogen-bond donors (Lipinski definition) is 2. The van der Waals surface area contributed by atoms with Crippen molar-refractivity contribution in [2.24, 2.45) is 0 Å². The minimum Gasteiger partial charge on any atom is -0.358 e. The fourth-order valence-corrected chi connectivity index (χ4v) is 0. The molecule has 0 saturated carbocycles. The minimum atomic E-state index is -4.15. The Morgan fingerprint density at radius 3 is 1.71 bits per heavy atom. The fourth-order valence-electron chi connectivity index (χ4n) is 0. The second kappa shape index (κ2) is 3.86. The summed E-state index contributed by atoms with van der Waals surface area (Å²) >= 11 is 0. The summed E-state index contributed by atoms with van der Waals surface area (Å²) < 4.78 is 13.1. The van der Waals surface area contributed by atoms with Crippen molar-refractivity contribution in [2.75, 3.05) is 0 Å². The summed E-state index contributed by atoms with van der Waals surface area (Å²) in [4.78, 5) is 15.4. The van der Waals surface area contributed by atoms with Crippen molar-refractivity contribution in [2.45, 2.75) is 0 Å². The Kier molecular flexibility index (Phi) is 5.97. The van der Waals surface area contributed by atoms with Gasteiger partial charge in [-0.2, -0.15) is 0 Å². The van der Waals surface area contributed by atoms with E-state index in [1.54, 1.807) is 0 Å². The molecule has 0 bridgehead atoms. The van der Waals surface area contributed by atoms with E-state index in [0.717, 1.165) is 8.05 Å². The van der Waals surface area contributed by atoms with Crippen LogP contribution in [0.5, 0.6) is 0 Å². The smallest absolute Gasteiger partial charge is 0.358 e. The quantitative estimate of drug-likeness (QED) is 0.407. The molecule has 0 aromatic heterocycles. The van der Waals surface area contributed by atoms with E-state index in [9.17, 15) is 4.57 Å². The van der Waals surface area contributed by atoms with Crippen LogP contribution in [0, 0.1) is 0 Å². The maximum atomic E-state index is 9.47. The fraction of sp³-hybridized carbons (Fsp3) is 0. The van der Waals surface area contributed by atoms with E-state index in [2.05, 4.69) is 4.44 Å². The molecule has 0 aliphatic carbocycles. The zero-order valence-corrected chi connectivity index (χ0v) is 6.70. The zero-order valence-electron chi connectivity index (χ0n) is 3.61. The van der Waals surface area contributed by atoms with E-state index in [4.69, 9.17) is 9.79 Å². The van der Waals surface area contributed by atoms with Crippen LogP contribution in [-0.4, -0.2) is 17.8 Å². The molecule has 0 amide bonds. The Morgan fingerprint density at radius 1 is 1.57 bits per heavy atom. The molecule has 0 atom stereocenters. The molecule has 7 heteroatoms. The van der Waals surface area contributed by atoms with Crippen LogP contribution in [0.3, 0.4) is 0 Å². The van der Waals surface area contributed by atoms with Gasteiger partial charge in [-0.15, -0.1) is 0 Å². The summed E-state index contributed by atoms with van der Waals surface area (Å²) in [7, 11) is -3.20. The van der Waals surface area contributed by atoms with E-state index in [-0.39, 0.29) is 22.4 Å². The summed E-state index contributed by atoms with van der Waals surface area (Å²) in [5, 5.41) is 0. The van der Waals surface area contributed by atoms with Gasteiger partial charge < -0.3 is 14.2 Å². The van der Waals surface area contributed by atoms with Crippen molar-refractivity contribution >= 4 is 15.9 Å². The van der Waals surface area contributed by atoms with Crippen LogP contribution in [0.25, 0.3) is 0 Å². The van der Waals surface area contributed by atoms with E-state index in [1.165, 1.54) is 0 Å². The number of rotatable bonds is 1. The maximum Gasteiger partial charge on any atom is 0.454 e. The molecule has 0 aromatic carbocycles. The van der Waals surface area contributed by atoms with E-state index >= 15 is 0 Å². The summed E-state index contributed by atoms with van der Waals surface area (Å²) in [6.45, 7) is 0. The predicted octanol–water partition coefficient (Wildman–Crippen LogP) is -1.36. The summed E-state index contributed by atoms with van der Waals surface area (Å²) in [6.07, 6.45) is 0. The molecule has 0 fully saturated rings. The molecule has 0 aliphatic heterocycles. The minimum absolute atomic E-state index is 0. The third-order valence-corrected chi connectivity index (χ3v) is 0.714. The summed E-state index contributed by atoms with van der Waals surface area (Å²) in [5.41, 5.74) is 0. The van der Waals surface area contributed by atoms with Crippen molar-refractivity contribution in [1.82, 2.24) is 0 Å². The summed E-state index contributed by atoms with van der Waals surface area (Å²) in [6, 6.07) is 0. The average molecular weight is 203 g/mol. The van der Waals surface area contributed by atoms with Crippen LogP contribution >= 0.6 is 7.82 Å². The Labute approximate surface area is 57.4 Å². The Bertz CT molecular complexity index is 75.8. The molecule has 0 unspecified atom stereocenters. The number of hydrogen-bond acceptors (Lipinski definition) is 2. The molecule has 0 saturated heterocycles. The average Bonchev–Trinajstić information content (AvgIpc) is 1.35. The zero-order chi connectivity index (χ0) is 5.21. The first-order chi connectivity index (χ1) is 2.56. The SMILES string of the molecule is BOP(=O)(O)O.[Nb]. The van der Waals surface area contributed by atoms with Gasteiger partial charge in [0.05, 0.1) is 0 Å². The van der Waals surface area contributed by atoms with Gasteiger partial charge in [0.2, 0.25) is 0 Å². The van der Waals surface area contributed by atoms with E-state index < -0.39 is 7.82 Å². The Balaban J connectivity index is 0. The first-order valence-electron chi connectivity index (χ1n) is 1.17. The molecule has 0 heterocycles. The van der Waals surface area contributed by atoms with Crippen molar-refractivity contribution in [3.8, 4) is 0 Å². The standard InChI is InChI=1S/BH4O4P.Nb/c1-5-6(2,3)4;/h1H2,(H2,2,3,4);. The molecule has 7 heavy (non-hydrogen) atoms. The molecule has 4 nitrogen and oxygen atoms in total. The van der Waals surface area contributed by atoms with Gasteiger partial charge in [-0.05, 0) is 0 Å². The second-order valence-corrected chi connectivity index (χ2v) is 2.02. The third-order valence-electron chi connectivity index (χ3n) is 0.238. The van der Waals surface area contributed by atoms with Gasteiger partial charge >= 0.3 is 7.82 Å². The topological polar surface area (TPSA) is 66.8 Å². The van der Waals surface area contributed by atoms with Crippen molar-refractivity contribution in [3.63, 3.8) is 0 Å². The molecule has 0 rings (SSSR count). The van der Waals surface area contributed by atoms with Gasteiger partial charge in [-0.1, -0.05) is 0 Å². The van der Waals surface area contributed by atoms with Crippen LogP contribution in [0.2, 0.25) is 0 Å². The molecular formula is H4BNbO4P. The van der Waals surface area contributed by atoms with Crippen molar-refractivity contribution in [3.05, 3.63) is 0 Å². The molecule has 0 spiro atoms. The second-order valence-electron chi connectivity index (χ2n) is 0.673. The molecular weight excluding hydrogens is 199 g/mol. The van der Waals surface area contributed by atoms with Gasteiger partial charge in [-0.25, -0.2) is 4.57 Å². The predicted molar refractivity (Wildman–Crippen MR) is 21.7 cm³/mol. The first-order valence-corrected chi connectivity index (χ1v) is 2.70.